The van der Waals surface area contributed by atoms with Crippen molar-refractivity contribution in [1.82, 2.24) is 9.88 Å². The molecule has 1 amide bonds. The van der Waals surface area contributed by atoms with Crippen LogP contribution < -0.4 is 10.1 Å². The van der Waals surface area contributed by atoms with Gasteiger partial charge in [0.2, 0.25) is 5.91 Å². The van der Waals surface area contributed by atoms with E-state index in [0.29, 0.717) is 19.5 Å². The van der Waals surface area contributed by atoms with Crippen molar-refractivity contribution in [2.45, 2.75) is 59.5 Å². The Hall–Kier alpha value is -3.15. The van der Waals surface area contributed by atoms with Crippen LogP contribution >= 0.6 is 0 Å². The SMILES string of the molecule is COc1cc(NC(C)CCCN(Cc2ccc(F)cc2)C(=O)CC(C)(C)C)c2ncccc2c1. The monoisotopic (exact) mass is 465 g/mol. The van der Waals surface area contributed by atoms with Crippen molar-refractivity contribution in [3.63, 3.8) is 0 Å². The average Bonchev–Trinajstić information content (AvgIpc) is 2.78. The van der Waals surface area contributed by atoms with Crippen LogP contribution in [0.5, 0.6) is 5.75 Å². The molecular formula is C28H36FN3O2. The lowest BCUT2D eigenvalue weighted by molar-refractivity contribution is -0.133. The topological polar surface area (TPSA) is 54.5 Å². The molecule has 0 saturated carbocycles. The number of carbonyl (C=O) groups is 1. The molecule has 0 saturated heterocycles. The van der Waals surface area contributed by atoms with E-state index in [0.717, 1.165) is 40.7 Å². The fourth-order valence-electron chi connectivity index (χ4n) is 3.99. The van der Waals surface area contributed by atoms with E-state index in [-0.39, 0.29) is 23.2 Å². The molecule has 34 heavy (non-hydrogen) atoms. The summed E-state index contributed by atoms with van der Waals surface area (Å²) in [4.78, 5) is 19.5. The number of anilines is 1. The highest BCUT2D eigenvalue weighted by molar-refractivity contribution is 5.91. The molecule has 1 aromatic heterocycles. The Balaban J connectivity index is 1.64. The zero-order valence-corrected chi connectivity index (χ0v) is 20.9. The Kier molecular flexibility index (Phi) is 8.48. The molecule has 182 valence electrons. The van der Waals surface area contributed by atoms with E-state index in [1.165, 1.54) is 12.1 Å². The van der Waals surface area contributed by atoms with Gasteiger partial charge in [-0.1, -0.05) is 39.0 Å². The number of fused-ring (bicyclic) bond motifs is 1. The standard InChI is InChI=1S/C28H36FN3O2/c1-20(31-25-17-24(34-5)16-22-9-6-14-30-27(22)25)8-7-15-32(26(33)18-28(2,3)4)19-21-10-12-23(29)13-11-21/h6,9-14,16-17,20,31H,7-8,15,18-19H2,1-5H3. The summed E-state index contributed by atoms with van der Waals surface area (Å²) in [5, 5.41) is 4.59. The van der Waals surface area contributed by atoms with Crippen molar-refractivity contribution in [2.75, 3.05) is 19.0 Å². The second-order valence-corrected chi connectivity index (χ2v) is 10.1. The summed E-state index contributed by atoms with van der Waals surface area (Å²) in [6.45, 7) is 9.48. The first-order valence-corrected chi connectivity index (χ1v) is 11.9. The zero-order valence-electron chi connectivity index (χ0n) is 20.9. The Morgan fingerprint density at radius 2 is 1.91 bits per heavy atom. The number of amides is 1. The van der Waals surface area contributed by atoms with Gasteiger partial charge in [0, 0.05) is 43.2 Å². The number of nitrogens with zero attached hydrogens (tertiary/aromatic N) is 2. The van der Waals surface area contributed by atoms with Crippen molar-refractivity contribution in [2.24, 2.45) is 5.41 Å². The Morgan fingerprint density at radius 1 is 1.18 bits per heavy atom. The summed E-state index contributed by atoms with van der Waals surface area (Å²) < 4.78 is 18.8. The van der Waals surface area contributed by atoms with Gasteiger partial charge in [-0.15, -0.1) is 0 Å². The minimum atomic E-state index is -0.268. The maximum atomic E-state index is 13.3. The minimum absolute atomic E-state index is 0.0899. The van der Waals surface area contributed by atoms with Crippen LogP contribution in [0.1, 0.15) is 52.5 Å². The number of ether oxygens (including phenoxy) is 1. The first-order chi connectivity index (χ1) is 16.1. The van der Waals surface area contributed by atoms with E-state index in [2.05, 4.69) is 38.0 Å². The van der Waals surface area contributed by atoms with Gasteiger partial charge < -0.3 is 15.0 Å². The van der Waals surface area contributed by atoms with Crippen LogP contribution in [0.2, 0.25) is 0 Å². The molecule has 0 aliphatic carbocycles. The van der Waals surface area contributed by atoms with Crippen LogP contribution in [0.3, 0.4) is 0 Å². The highest BCUT2D eigenvalue weighted by Crippen LogP contribution is 2.28. The molecule has 3 aromatic rings. The van der Waals surface area contributed by atoms with Gasteiger partial charge in [-0.3, -0.25) is 9.78 Å². The summed E-state index contributed by atoms with van der Waals surface area (Å²) in [5.41, 5.74) is 2.69. The van der Waals surface area contributed by atoms with E-state index in [4.69, 9.17) is 4.74 Å². The van der Waals surface area contributed by atoms with Gasteiger partial charge >= 0.3 is 0 Å². The van der Waals surface area contributed by atoms with Crippen LogP contribution in [0.15, 0.2) is 54.7 Å². The number of carbonyl (C=O) groups excluding carboxylic acids is 1. The lowest BCUT2D eigenvalue weighted by Crippen LogP contribution is -2.34. The largest absolute Gasteiger partial charge is 0.497 e. The molecule has 0 spiro atoms. The zero-order chi connectivity index (χ0) is 24.7. The van der Waals surface area contributed by atoms with Crippen molar-refractivity contribution in [1.29, 1.82) is 0 Å². The average molecular weight is 466 g/mol. The Labute approximate surface area is 202 Å². The second kappa shape index (κ2) is 11.3. The van der Waals surface area contributed by atoms with Gasteiger partial charge in [0.05, 0.1) is 18.3 Å². The fraction of sp³-hybridized carbons (Fsp3) is 0.429. The molecule has 2 aromatic carbocycles. The Morgan fingerprint density at radius 3 is 2.59 bits per heavy atom. The molecule has 1 unspecified atom stereocenters. The first-order valence-electron chi connectivity index (χ1n) is 11.9. The summed E-state index contributed by atoms with van der Waals surface area (Å²) >= 11 is 0. The van der Waals surface area contributed by atoms with E-state index in [1.54, 1.807) is 25.4 Å². The van der Waals surface area contributed by atoms with Gasteiger partial charge in [0.25, 0.3) is 0 Å². The smallest absolute Gasteiger partial charge is 0.223 e. The highest BCUT2D eigenvalue weighted by atomic mass is 19.1. The third-order valence-corrected chi connectivity index (χ3v) is 5.70. The van der Waals surface area contributed by atoms with E-state index in [9.17, 15) is 9.18 Å². The predicted octanol–water partition coefficient (Wildman–Crippen LogP) is 6.43. The summed E-state index contributed by atoms with van der Waals surface area (Å²) in [6, 6.07) is 14.5. The number of hydrogen-bond donors (Lipinski definition) is 1. The number of pyridine rings is 1. The minimum Gasteiger partial charge on any atom is -0.497 e. The number of halogens is 1. The molecule has 1 N–H and O–H groups in total. The van der Waals surface area contributed by atoms with Crippen LogP contribution in [-0.4, -0.2) is 35.5 Å². The van der Waals surface area contributed by atoms with Gasteiger partial charge in [0.15, 0.2) is 0 Å². The van der Waals surface area contributed by atoms with Crippen molar-refractivity contribution in [3.8, 4) is 5.75 Å². The number of aromatic nitrogens is 1. The van der Waals surface area contributed by atoms with Crippen LogP contribution in [-0.2, 0) is 11.3 Å². The molecular weight excluding hydrogens is 429 g/mol. The molecule has 0 fully saturated rings. The lowest BCUT2D eigenvalue weighted by atomic mass is 9.91. The number of benzene rings is 2. The number of nitrogens with one attached hydrogen (secondary N) is 1. The molecule has 0 aliphatic rings. The molecule has 0 aliphatic heterocycles. The molecule has 0 radical (unpaired) electrons. The highest BCUT2D eigenvalue weighted by Gasteiger charge is 2.21. The van der Waals surface area contributed by atoms with Crippen molar-refractivity contribution >= 4 is 22.5 Å². The van der Waals surface area contributed by atoms with E-state index in [1.807, 2.05) is 29.2 Å². The van der Waals surface area contributed by atoms with Crippen LogP contribution in [0.25, 0.3) is 10.9 Å². The lowest BCUT2D eigenvalue weighted by Gasteiger charge is -2.27. The number of methoxy groups -OCH3 is 1. The molecule has 3 rings (SSSR count). The molecule has 1 heterocycles. The summed E-state index contributed by atoms with van der Waals surface area (Å²) in [5.74, 6) is 0.643. The molecule has 1 atom stereocenters. The Bertz CT molecular complexity index is 1090. The van der Waals surface area contributed by atoms with E-state index < -0.39 is 0 Å². The van der Waals surface area contributed by atoms with Crippen molar-refractivity contribution in [3.05, 3.63) is 66.1 Å². The predicted molar refractivity (Wildman–Crippen MR) is 137 cm³/mol. The van der Waals surface area contributed by atoms with Crippen molar-refractivity contribution < 1.29 is 13.9 Å². The maximum Gasteiger partial charge on any atom is 0.223 e. The van der Waals surface area contributed by atoms with E-state index >= 15 is 0 Å². The third kappa shape index (κ3) is 7.44. The summed E-state index contributed by atoms with van der Waals surface area (Å²) in [7, 11) is 1.66. The fourth-order valence-corrected chi connectivity index (χ4v) is 3.99. The normalized spacial score (nSPS) is 12.4. The number of hydrogen-bond acceptors (Lipinski definition) is 4. The molecule has 5 nitrogen and oxygen atoms in total. The summed E-state index contributed by atoms with van der Waals surface area (Å²) in [6.07, 6.45) is 4.00. The first kappa shape index (κ1) is 25.5. The molecule has 6 heteroatoms. The van der Waals surface area contributed by atoms with Gasteiger partial charge in [-0.25, -0.2) is 4.39 Å². The molecule has 0 bridgehead atoms. The van der Waals surface area contributed by atoms with Crippen LogP contribution in [0, 0.1) is 11.2 Å². The van der Waals surface area contributed by atoms with Crippen LogP contribution in [0.4, 0.5) is 10.1 Å². The maximum absolute atomic E-state index is 13.3. The van der Waals surface area contributed by atoms with Gasteiger partial charge in [0.1, 0.15) is 11.6 Å². The van der Waals surface area contributed by atoms with Gasteiger partial charge in [-0.05, 0) is 55.0 Å². The third-order valence-electron chi connectivity index (χ3n) is 5.70. The van der Waals surface area contributed by atoms with Gasteiger partial charge in [-0.2, -0.15) is 0 Å². The quantitative estimate of drug-likeness (QED) is 0.375. The second-order valence-electron chi connectivity index (χ2n) is 10.1. The number of rotatable bonds is 10.